The Labute approximate surface area is 132 Å². The van der Waals surface area contributed by atoms with Crippen LogP contribution in [0.4, 0.5) is 5.69 Å². The highest BCUT2D eigenvalue weighted by Crippen LogP contribution is 2.35. The third-order valence-electron chi connectivity index (χ3n) is 2.94. The van der Waals surface area contributed by atoms with Gasteiger partial charge < -0.3 is 9.09 Å². The Kier molecular flexibility index (Phi) is 4.07. The molecule has 1 aromatic rings. The summed E-state index contributed by atoms with van der Waals surface area (Å²) in [6, 6.07) is 5.50. The zero-order chi connectivity index (χ0) is 16.0. The zero-order valence-electron chi connectivity index (χ0n) is 13.3. The van der Waals surface area contributed by atoms with Gasteiger partial charge >= 0.3 is 0 Å². The predicted octanol–water partition coefficient (Wildman–Crippen LogP) is 4.08. The summed E-state index contributed by atoms with van der Waals surface area (Å²) in [5, 5.41) is 4.77. The first kappa shape index (κ1) is 16.3. The second-order valence-electron chi connectivity index (χ2n) is 7.12. The maximum absolute atomic E-state index is 12.8. The highest BCUT2D eigenvalue weighted by molar-refractivity contribution is 6.87. The highest BCUT2D eigenvalue weighted by Gasteiger charge is 2.41. The lowest BCUT2D eigenvalue weighted by Gasteiger charge is -2.30. The summed E-state index contributed by atoms with van der Waals surface area (Å²) in [6.45, 7) is 12.5. The van der Waals surface area contributed by atoms with Crippen molar-refractivity contribution in [3.8, 4) is 0 Å². The Bertz CT molecular complexity index is 618. The molecule has 0 radical (unpaired) electrons. The molecule has 0 atom stereocenters. The lowest BCUT2D eigenvalue weighted by atomic mass is 10.1. The molecule has 7 heteroatoms. The number of oxime groups is 1. The molecule has 1 aliphatic rings. The van der Waals surface area contributed by atoms with Gasteiger partial charge in [0.05, 0.1) is 0 Å². The summed E-state index contributed by atoms with van der Waals surface area (Å²) in [6.07, 6.45) is 0. The smallest absolute Gasteiger partial charge is 0.278 e. The standard InChI is InChI=1S/C14H21ClN2O2Si2/c1-20(2,3)17-12-8-7-10(15)9-11(12)13(14(17)18)16-19-21(4,5)6/h7-9H,1-6H3/b16-13+. The maximum Gasteiger partial charge on any atom is 0.278 e. The molecular formula is C14H21ClN2O2Si2. The molecule has 2 rings (SSSR count). The normalized spacial score (nSPS) is 17.4. The van der Waals surface area contributed by atoms with E-state index in [-0.39, 0.29) is 5.91 Å². The molecule has 0 saturated heterocycles. The highest BCUT2D eigenvalue weighted by atomic mass is 35.5. The minimum absolute atomic E-state index is 0.0790. The van der Waals surface area contributed by atoms with Crippen molar-refractivity contribution in [2.45, 2.75) is 39.3 Å². The van der Waals surface area contributed by atoms with Crippen LogP contribution in [0.15, 0.2) is 23.4 Å². The fourth-order valence-electron chi connectivity index (χ4n) is 2.16. The number of amides is 1. The Morgan fingerprint density at radius 3 is 2.29 bits per heavy atom. The van der Waals surface area contributed by atoms with E-state index < -0.39 is 16.6 Å². The van der Waals surface area contributed by atoms with Gasteiger partial charge in [0.1, 0.15) is 0 Å². The Morgan fingerprint density at radius 1 is 1.14 bits per heavy atom. The minimum Gasteiger partial charge on any atom is -0.455 e. The fourth-order valence-corrected chi connectivity index (χ4v) is 4.33. The van der Waals surface area contributed by atoms with Crippen molar-refractivity contribution in [1.29, 1.82) is 0 Å². The van der Waals surface area contributed by atoms with Crippen LogP contribution in [-0.2, 0) is 9.32 Å². The van der Waals surface area contributed by atoms with Crippen LogP contribution in [0.1, 0.15) is 5.56 Å². The van der Waals surface area contributed by atoms with Crippen molar-refractivity contribution in [2.75, 3.05) is 4.57 Å². The molecule has 1 aromatic carbocycles. The molecule has 0 N–H and O–H groups in total. The molecule has 114 valence electrons. The number of carbonyl (C=O) groups is 1. The Balaban J connectivity index is 2.55. The molecule has 0 aliphatic carbocycles. The maximum atomic E-state index is 12.8. The molecule has 0 bridgehead atoms. The van der Waals surface area contributed by atoms with Crippen molar-refractivity contribution in [3.05, 3.63) is 28.8 Å². The SMILES string of the molecule is C[Si](C)(C)O/N=C1/C(=O)N([Si](C)(C)C)c2ccc(Cl)cc21. The Hall–Kier alpha value is -1.12. The van der Waals surface area contributed by atoms with Crippen molar-refractivity contribution in [1.82, 2.24) is 0 Å². The number of nitrogens with zero attached hydrogens (tertiary/aromatic N) is 2. The third-order valence-corrected chi connectivity index (χ3v) is 5.60. The Morgan fingerprint density at radius 2 is 1.76 bits per heavy atom. The van der Waals surface area contributed by atoms with Crippen molar-refractivity contribution >= 4 is 45.5 Å². The number of hydrogen-bond acceptors (Lipinski definition) is 3. The number of carbonyl (C=O) groups excluding carboxylic acids is 1. The summed E-state index contributed by atoms with van der Waals surface area (Å²) < 4.78 is 7.47. The van der Waals surface area contributed by atoms with Crippen LogP contribution in [0.3, 0.4) is 0 Å². The van der Waals surface area contributed by atoms with Crippen LogP contribution in [0.25, 0.3) is 0 Å². The first-order chi connectivity index (χ1) is 9.50. The van der Waals surface area contributed by atoms with Crippen LogP contribution < -0.4 is 4.57 Å². The van der Waals surface area contributed by atoms with Gasteiger partial charge in [-0.2, -0.15) is 0 Å². The van der Waals surface area contributed by atoms with E-state index in [1.54, 1.807) is 6.07 Å². The van der Waals surface area contributed by atoms with Crippen molar-refractivity contribution in [3.63, 3.8) is 0 Å². The average molecular weight is 341 g/mol. The summed E-state index contributed by atoms with van der Waals surface area (Å²) >= 11 is 6.08. The van der Waals surface area contributed by atoms with Gasteiger partial charge in [-0.25, -0.2) is 0 Å². The lowest BCUT2D eigenvalue weighted by molar-refractivity contribution is -0.111. The van der Waals surface area contributed by atoms with Crippen LogP contribution in [0.2, 0.25) is 44.3 Å². The van der Waals surface area contributed by atoms with Gasteiger partial charge in [0, 0.05) is 16.3 Å². The van der Waals surface area contributed by atoms with E-state index in [0.717, 1.165) is 11.3 Å². The molecule has 0 fully saturated rings. The van der Waals surface area contributed by atoms with E-state index in [2.05, 4.69) is 24.8 Å². The van der Waals surface area contributed by atoms with Gasteiger partial charge in [0.2, 0.25) is 0 Å². The number of anilines is 1. The monoisotopic (exact) mass is 340 g/mol. The van der Waals surface area contributed by atoms with Gasteiger partial charge in [0.25, 0.3) is 14.2 Å². The number of halogens is 1. The van der Waals surface area contributed by atoms with Crippen LogP contribution in [-0.4, -0.2) is 28.2 Å². The van der Waals surface area contributed by atoms with E-state index in [4.69, 9.17) is 16.1 Å². The summed E-state index contributed by atoms with van der Waals surface area (Å²) in [4.78, 5) is 12.8. The summed E-state index contributed by atoms with van der Waals surface area (Å²) in [5.74, 6) is -0.0790. The molecule has 1 aliphatic heterocycles. The first-order valence-electron chi connectivity index (χ1n) is 6.91. The molecule has 1 amide bonds. The van der Waals surface area contributed by atoms with Gasteiger partial charge in [-0.15, -0.1) is 0 Å². The molecule has 0 spiro atoms. The van der Waals surface area contributed by atoms with E-state index in [1.165, 1.54) is 0 Å². The molecule has 0 saturated carbocycles. The predicted molar refractivity (Wildman–Crippen MR) is 93.3 cm³/mol. The van der Waals surface area contributed by atoms with E-state index >= 15 is 0 Å². The van der Waals surface area contributed by atoms with Gasteiger partial charge in [0.15, 0.2) is 13.9 Å². The third kappa shape index (κ3) is 3.38. The lowest BCUT2D eigenvalue weighted by Crippen LogP contribution is -2.49. The van der Waals surface area contributed by atoms with Crippen LogP contribution >= 0.6 is 11.6 Å². The number of rotatable bonds is 3. The number of benzene rings is 1. The van der Waals surface area contributed by atoms with Crippen LogP contribution in [0.5, 0.6) is 0 Å². The van der Waals surface area contributed by atoms with Gasteiger partial charge in [-0.05, 0) is 37.8 Å². The molecule has 4 nitrogen and oxygen atoms in total. The van der Waals surface area contributed by atoms with Crippen molar-refractivity contribution < 1.29 is 9.32 Å². The van der Waals surface area contributed by atoms with Gasteiger partial charge in [-0.3, -0.25) is 4.79 Å². The summed E-state index contributed by atoms with van der Waals surface area (Å²) in [5.41, 5.74) is 2.03. The first-order valence-corrected chi connectivity index (χ1v) is 14.1. The van der Waals surface area contributed by atoms with Crippen LogP contribution in [0, 0.1) is 0 Å². The molecule has 1 heterocycles. The summed E-state index contributed by atoms with van der Waals surface area (Å²) in [7, 11) is -3.69. The van der Waals surface area contributed by atoms with E-state index in [9.17, 15) is 4.79 Å². The fraction of sp³-hybridized carbons (Fsp3) is 0.429. The second kappa shape index (κ2) is 5.26. The largest absolute Gasteiger partial charge is 0.455 e. The van der Waals surface area contributed by atoms with E-state index in [1.807, 2.05) is 36.3 Å². The quantitative estimate of drug-likeness (QED) is 0.614. The molecular weight excluding hydrogens is 320 g/mol. The van der Waals surface area contributed by atoms with E-state index in [0.29, 0.717) is 10.7 Å². The minimum atomic E-state index is -1.86. The topological polar surface area (TPSA) is 41.9 Å². The number of hydrogen-bond donors (Lipinski definition) is 0. The second-order valence-corrected chi connectivity index (χ2v) is 16.7. The molecule has 21 heavy (non-hydrogen) atoms. The van der Waals surface area contributed by atoms with Gasteiger partial charge in [-0.1, -0.05) is 36.4 Å². The number of fused-ring (bicyclic) bond motifs is 1. The van der Waals surface area contributed by atoms with Crippen molar-refractivity contribution in [2.24, 2.45) is 5.16 Å². The average Bonchev–Trinajstić information content (AvgIpc) is 2.56. The zero-order valence-corrected chi connectivity index (χ0v) is 16.1. The molecule has 0 aromatic heterocycles. The molecule has 0 unspecified atom stereocenters.